The van der Waals surface area contributed by atoms with E-state index in [4.69, 9.17) is 23.2 Å². The SMILES string of the molecule is Cc1ccc(S(=O)(=O)N(Cc2ccc(Cl)cc2)c2ccccc2C(=O)Nc2ccc(S(=O)(=O)Nc3cccc(Cl)c3C)cc2)cc1. The van der Waals surface area contributed by atoms with E-state index >= 15 is 0 Å². The third kappa shape index (κ3) is 7.37. The van der Waals surface area contributed by atoms with Gasteiger partial charge >= 0.3 is 0 Å². The predicted octanol–water partition coefficient (Wildman–Crippen LogP) is 8.06. The Bertz CT molecular complexity index is 2100. The zero-order chi connectivity index (χ0) is 33.1. The molecule has 0 atom stereocenters. The molecular weight excluding hydrogens is 665 g/mol. The van der Waals surface area contributed by atoms with E-state index in [9.17, 15) is 21.6 Å². The van der Waals surface area contributed by atoms with Gasteiger partial charge < -0.3 is 5.32 Å². The minimum Gasteiger partial charge on any atom is -0.322 e. The molecule has 0 radical (unpaired) electrons. The van der Waals surface area contributed by atoms with Crippen molar-refractivity contribution >= 4 is 66.2 Å². The number of aryl methyl sites for hydroxylation is 1. The highest BCUT2D eigenvalue weighted by atomic mass is 35.5. The Kier molecular flexibility index (Phi) is 9.74. The Morgan fingerprint density at radius 3 is 2.02 bits per heavy atom. The van der Waals surface area contributed by atoms with Gasteiger partial charge in [-0.2, -0.15) is 0 Å². The van der Waals surface area contributed by atoms with Crippen molar-refractivity contribution in [3.8, 4) is 0 Å². The highest BCUT2D eigenvalue weighted by Gasteiger charge is 2.29. The van der Waals surface area contributed by atoms with Crippen molar-refractivity contribution in [2.45, 2.75) is 30.2 Å². The number of hydrogen-bond acceptors (Lipinski definition) is 5. The number of carbonyl (C=O) groups excluding carboxylic acids is 1. The second kappa shape index (κ2) is 13.6. The second-order valence-corrected chi connectivity index (χ2v) is 14.9. The van der Waals surface area contributed by atoms with Gasteiger partial charge in [-0.25, -0.2) is 16.8 Å². The number of nitrogens with zero attached hydrogens (tertiary/aromatic N) is 1. The number of sulfonamides is 2. The Balaban J connectivity index is 1.44. The summed E-state index contributed by atoms with van der Waals surface area (Å²) in [5.74, 6) is -0.584. The van der Waals surface area contributed by atoms with Crippen LogP contribution in [0, 0.1) is 13.8 Å². The predicted molar refractivity (Wildman–Crippen MR) is 184 cm³/mol. The van der Waals surface area contributed by atoms with Gasteiger partial charge in [0.05, 0.1) is 33.3 Å². The Labute approximate surface area is 278 Å². The summed E-state index contributed by atoms with van der Waals surface area (Å²) in [7, 11) is -8.07. The Hall–Kier alpha value is -4.35. The van der Waals surface area contributed by atoms with Crippen LogP contribution < -0.4 is 14.3 Å². The highest BCUT2D eigenvalue weighted by molar-refractivity contribution is 7.93. The summed E-state index contributed by atoms with van der Waals surface area (Å²) >= 11 is 12.2. The molecule has 5 rings (SSSR count). The van der Waals surface area contributed by atoms with Gasteiger partial charge in [0.1, 0.15) is 0 Å². The number of amides is 1. The van der Waals surface area contributed by atoms with Crippen LogP contribution in [0.2, 0.25) is 10.0 Å². The fourth-order valence-corrected chi connectivity index (χ4v) is 7.51. The van der Waals surface area contributed by atoms with Crippen LogP contribution >= 0.6 is 23.2 Å². The lowest BCUT2D eigenvalue weighted by Gasteiger charge is -2.27. The van der Waals surface area contributed by atoms with Gasteiger partial charge in [0.15, 0.2) is 0 Å². The lowest BCUT2D eigenvalue weighted by molar-refractivity contribution is 0.102. The van der Waals surface area contributed by atoms with Crippen molar-refractivity contribution in [2.24, 2.45) is 0 Å². The van der Waals surface area contributed by atoms with E-state index in [1.165, 1.54) is 46.8 Å². The van der Waals surface area contributed by atoms with Crippen LogP contribution in [0.25, 0.3) is 0 Å². The zero-order valence-corrected chi connectivity index (χ0v) is 27.9. The van der Waals surface area contributed by atoms with Gasteiger partial charge in [0, 0.05) is 15.7 Å². The molecule has 8 nitrogen and oxygen atoms in total. The van der Waals surface area contributed by atoms with E-state index in [-0.39, 0.29) is 27.6 Å². The van der Waals surface area contributed by atoms with Crippen molar-refractivity contribution in [3.63, 3.8) is 0 Å². The molecule has 0 aromatic heterocycles. The van der Waals surface area contributed by atoms with E-state index < -0.39 is 26.0 Å². The third-order valence-corrected chi connectivity index (χ3v) is 11.0. The van der Waals surface area contributed by atoms with E-state index in [2.05, 4.69) is 10.0 Å². The minimum absolute atomic E-state index is 0.0244. The summed E-state index contributed by atoms with van der Waals surface area (Å²) in [5, 5.41) is 3.69. The molecule has 46 heavy (non-hydrogen) atoms. The van der Waals surface area contributed by atoms with Crippen LogP contribution in [0.5, 0.6) is 0 Å². The number of rotatable bonds is 10. The van der Waals surface area contributed by atoms with Gasteiger partial charge in [-0.3, -0.25) is 13.8 Å². The molecule has 0 aliphatic heterocycles. The van der Waals surface area contributed by atoms with Crippen molar-refractivity contribution in [1.82, 2.24) is 0 Å². The average Bonchev–Trinajstić information content (AvgIpc) is 3.03. The Morgan fingerprint density at radius 1 is 0.717 bits per heavy atom. The van der Waals surface area contributed by atoms with E-state index in [0.29, 0.717) is 32.5 Å². The van der Waals surface area contributed by atoms with Gasteiger partial charge in [0.2, 0.25) is 0 Å². The Morgan fingerprint density at radius 2 is 1.35 bits per heavy atom. The molecule has 0 bridgehead atoms. The maximum atomic E-state index is 14.0. The molecule has 2 N–H and O–H groups in total. The smallest absolute Gasteiger partial charge is 0.264 e. The molecule has 5 aromatic carbocycles. The second-order valence-electron chi connectivity index (χ2n) is 10.5. The van der Waals surface area contributed by atoms with Crippen LogP contribution in [-0.4, -0.2) is 22.7 Å². The first-order chi connectivity index (χ1) is 21.8. The quantitative estimate of drug-likeness (QED) is 0.154. The average molecular weight is 695 g/mol. The highest BCUT2D eigenvalue weighted by Crippen LogP contribution is 2.31. The number of anilines is 3. The fourth-order valence-electron chi connectivity index (χ4n) is 4.61. The van der Waals surface area contributed by atoms with Crippen LogP contribution in [0.4, 0.5) is 17.1 Å². The largest absolute Gasteiger partial charge is 0.322 e. The van der Waals surface area contributed by atoms with Crippen molar-refractivity contribution < 1.29 is 21.6 Å². The lowest BCUT2D eigenvalue weighted by Crippen LogP contribution is -2.32. The van der Waals surface area contributed by atoms with Crippen LogP contribution in [0.15, 0.2) is 125 Å². The summed E-state index contributed by atoms with van der Waals surface area (Å²) in [6, 6.07) is 30.2. The molecular formula is C34H29Cl2N3O5S2. The monoisotopic (exact) mass is 693 g/mol. The molecule has 0 spiro atoms. The number of halogens is 2. The molecule has 0 unspecified atom stereocenters. The maximum absolute atomic E-state index is 14.0. The molecule has 1 amide bonds. The van der Waals surface area contributed by atoms with Gasteiger partial charge in [0.25, 0.3) is 26.0 Å². The van der Waals surface area contributed by atoms with Gasteiger partial charge in [-0.15, -0.1) is 0 Å². The molecule has 5 aromatic rings. The lowest BCUT2D eigenvalue weighted by atomic mass is 10.1. The molecule has 12 heteroatoms. The number of nitrogens with one attached hydrogen (secondary N) is 2. The first-order valence-corrected chi connectivity index (χ1v) is 17.7. The van der Waals surface area contributed by atoms with Crippen molar-refractivity contribution in [1.29, 1.82) is 0 Å². The number of benzene rings is 5. The summed E-state index contributed by atoms with van der Waals surface area (Å²) in [6.07, 6.45) is 0. The first kappa shape index (κ1) is 33.0. The van der Waals surface area contributed by atoms with Crippen molar-refractivity contribution in [2.75, 3.05) is 14.3 Å². The summed E-state index contributed by atoms with van der Waals surface area (Å²) in [6.45, 7) is 3.50. The topological polar surface area (TPSA) is 113 Å². The molecule has 0 fully saturated rings. The number of hydrogen-bond donors (Lipinski definition) is 2. The molecule has 236 valence electrons. The molecule has 0 heterocycles. The molecule has 0 saturated carbocycles. The first-order valence-electron chi connectivity index (χ1n) is 14.0. The standard InChI is InChI=1S/C34H29Cl2N3O5S2/c1-23-10-18-29(19-11-23)46(43,44)39(22-25-12-14-26(35)15-13-25)33-9-4-3-6-30(33)34(40)37-27-16-20-28(21-17-27)45(41,42)38-32-8-5-7-31(36)24(32)2/h3-21,38H,22H2,1-2H3,(H,37,40). The van der Waals surface area contributed by atoms with Crippen molar-refractivity contribution in [3.05, 3.63) is 148 Å². The zero-order valence-electron chi connectivity index (χ0n) is 24.7. The van der Waals surface area contributed by atoms with Gasteiger partial charge in [-0.05, 0) is 97.8 Å². The fraction of sp³-hybridized carbons (Fsp3) is 0.0882. The van der Waals surface area contributed by atoms with E-state index in [1.54, 1.807) is 79.7 Å². The van der Waals surface area contributed by atoms with Gasteiger partial charge in [-0.1, -0.05) is 71.2 Å². The molecule has 0 aliphatic carbocycles. The molecule has 0 aliphatic rings. The number of para-hydroxylation sites is 1. The summed E-state index contributed by atoms with van der Waals surface area (Å²) in [5.41, 5.74) is 3.07. The van der Waals surface area contributed by atoms with E-state index in [0.717, 1.165) is 5.56 Å². The summed E-state index contributed by atoms with van der Waals surface area (Å²) in [4.78, 5) is 13.7. The number of carbonyl (C=O) groups is 1. The van der Waals surface area contributed by atoms with E-state index in [1.807, 2.05) is 6.92 Å². The van der Waals surface area contributed by atoms with Crippen LogP contribution in [0.3, 0.4) is 0 Å². The normalized spacial score (nSPS) is 11.6. The van der Waals surface area contributed by atoms with Crippen LogP contribution in [-0.2, 0) is 26.6 Å². The maximum Gasteiger partial charge on any atom is 0.264 e. The van der Waals surface area contributed by atoms with Crippen LogP contribution in [0.1, 0.15) is 27.0 Å². The molecule has 0 saturated heterocycles. The third-order valence-electron chi connectivity index (χ3n) is 7.20. The summed E-state index contributed by atoms with van der Waals surface area (Å²) < 4.78 is 57.9. The minimum atomic E-state index is -4.12.